The molecule has 0 aromatic heterocycles. The molecule has 364 valence electrons. The third-order valence-electron chi connectivity index (χ3n) is 10.4. The lowest BCUT2D eigenvalue weighted by Crippen LogP contribution is -2.60. The van der Waals surface area contributed by atoms with Gasteiger partial charge in [0.15, 0.2) is 6.29 Å². The molecule has 6 N–H and O–H groups in total. The number of nitrogens with one attached hydrogen (secondary N) is 1. The Morgan fingerprint density at radius 2 is 0.954 bits per heavy atom. The highest BCUT2D eigenvalue weighted by Gasteiger charge is 2.44. The number of hydrogen-bond donors (Lipinski definition) is 6. The van der Waals surface area contributed by atoms with Crippen LogP contribution in [0.15, 0.2) is 146 Å². The zero-order valence-corrected chi connectivity index (χ0v) is 39.9. The number of amides is 1. The van der Waals surface area contributed by atoms with E-state index in [0.717, 1.165) is 116 Å². The number of carbonyl (C=O) groups excluding carboxylic acids is 1. The molecule has 1 aliphatic rings. The molecule has 0 spiro atoms. The predicted octanol–water partition coefficient (Wildman–Crippen LogP) is 11.2. The average Bonchev–Trinajstić information content (AvgIpc) is 3.31. The lowest BCUT2D eigenvalue weighted by molar-refractivity contribution is -0.302. The van der Waals surface area contributed by atoms with Gasteiger partial charge in [0.25, 0.3) is 0 Å². The van der Waals surface area contributed by atoms with Crippen molar-refractivity contribution < 1.29 is 39.8 Å². The van der Waals surface area contributed by atoms with Gasteiger partial charge in [-0.25, -0.2) is 0 Å². The first-order valence-electron chi connectivity index (χ1n) is 24.6. The molecule has 0 bridgehead atoms. The fourth-order valence-electron chi connectivity index (χ4n) is 6.51. The number of ether oxygens (including phenoxy) is 2. The van der Waals surface area contributed by atoms with Gasteiger partial charge in [0.1, 0.15) is 24.4 Å². The van der Waals surface area contributed by atoms with Crippen LogP contribution < -0.4 is 5.32 Å². The molecule has 1 rings (SSSR count). The van der Waals surface area contributed by atoms with E-state index < -0.39 is 49.5 Å². The molecule has 0 radical (unpaired) electrons. The molecule has 9 nitrogen and oxygen atoms in total. The summed E-state index contributed by atoms with van der Waals surface area (Å²) in [5.41, 5.74) is 0. The van der Waals surface area contributed by atoms with E-state index in [1.54, 1.807) is 6.08 Å². The number of hydrogen-bond acceptors (Lipinski definition) is 8. The minimum atomic E-state index is -1.58. The molecule has 9 heteroatoms. The van der Waals surface area contributed by atoms with E-state index in [4.69, 9.17) is 9.47 Å². The van der Waals surface area contributed by atoms with E-state index >= 15 is 0 Å². The number of allylic oxidation sites excluding steroid dienone is 23. The van der Waals surface area contributed by atoms with Gasteiger partial charge in [0.05, 0.1) is 25.4 Å². The van der Waals surface area contributed by atoms with Gasteiger partial charge in [0.2, 0.25) is 5.91 Å². The summed E-state index contributed by atoms with van der Waals surface area (Å²) in [7, 11) is 0. The van der Waals surface area contributed by atoms with Crippen molar-refractivity contribution in [3.63, 3.8) is 0 Å². The number of carbonyl (C=O) groups is 1. The Morgan fingerprint density at radius 3 is 1.38 bits per heavy atom. The van der Waals surface area contributed by atoms with Crippen LogP contribution in [0.1, 0.15) is 142 Å². The van der Waals surface area contributed by atoms with Crippen LogP contribution in [0.25, 0.3) is 0 Å². The second-order valence-corrected chi connectivity index (χ2v) is 16.2. The number of aliphatic hydroxyl groups is 5. The molecule has 1 heterocycles. The first-order chi connectivity index (χ1) is 31.8. The Hall–Kier alpha value is -3.93. The second kappa shape index (κ2) is 43.9. The summed E-state index contributed by atoms with van der Waals surface area (Å²) >= 11 is 0. The highest BCUT2D eigenvalue weighted by atomic mass is 16.7. The topological polar surface area (TPSA) is 149 Å². The zero-order chi connectivity index (χ0) is 47.3. The van der Waals surface area contributed by atoms with Crippen LogP contribution in [-0.2, 0) is 14.3 Å². The van der Waals surface area contributed by atoms with Gasteiger partial charge in [-0.15, -0.1) is 0 Å². The maximum atomic E-state index is 12.8. The summed E-state index contributed by atoms with van der Waals surface area (Å²) in [5, 5.41) is 53.7. The minimum Gasteiger partial charge on any atom is -0.394 e. The van der Waals surface area contributed by atoms with Gasteiger partial charge in [-0.1, -0.05) is 179 Å². The molecule has 7 atom stereocenters. The van der Waals surface area contributed by atoms with Crippen LogP contribution in [0.3, 0.4) is 0 Å². The van der Waals surface area contributed by atoms with Gasteiger partial charge >= 0.3 is 0 Å². The minimum absolute atomic E-state index is 0.215. The summed E-state index contributed by atoms with van der Waals surface area (Å²) in [6, 6.07) is -0.829. The van der Waals surface area contributed by atoms with Gasteiger partial charge < -0.3 is 40.3 Å². The van der Waals surface area contributed by atoms with Crippen molar-refractivity contribution in [1.82, 2.24) is 5.32 Å². The number of unbranched alkanes of at least 4 members (excludes halogenated alkanes) is 6. The van der Waals surface area contributed by atoms with E-state index in [2.05, 4.69) is 153 Å². The third kappa shape index (κ3) is 34.1. The SMILES string of the molecule is CC/C=C\C/C=C\C/C=C\C/C=C\C/C=C\C/C=C\C/C=C\C/C=C\C/C=C\C/C=C\C/C=C\CCCCCC(=O)NC(COC1OC(CO)C(O)C(O)C1O)C(O)/C=C/CCCCC. The Balaban J connectivity index is 2.16. The maximum Gasteiger partial charge on any atom is 0.220 e. The van der Waals surface area contributed by atoms with Crippen LogP contribution in [0, 0.1) is 0 Å². The molecule has 0 aromatic rings. The summed E-state index contributed by atoms with van der Waals surface area (Å²) in [4.78, 5) is 12.8. The maximum absolute atomic E-state index is 12.8. The average molecular weight is 902 g/mol. The van der Waals surface area contributed by atoms with Crippen molar-refractivity contribution >= 4 is 5.91 Å². The fourth-order valence-corrected chi connectivity index (χ4v) is 6.51. The first-order valence-corrected chi connectivity index (χ1v) is 24.6. The molecule has 0 aliphatic carbocycles. The predicted molar refractivity (Wildman–Crippen MR) is 271 cm³/mol. The molecule has 7 unspecified atom stereocenters. The zero-order valence-electron chi connectivity index (χ0n) is 39.9. The molecular formula is C56H87NO8. The number of rotatable bonds is 38. The lowest BCUT2D eigenvalue weighted by atomic mass is 9.99. The molecular weight excluding hydrogens is 815 g/mol. The van der Waals surface area contributed by atoms with Crippen LogP contribution >= 0.6 is 0 Å². The largest absolute Gasteiger partial charge is 0.394 e. The third-order valence-corrected chi connectivity index (χ3v) is 10.4. The lowest BCUT2D eigenvalue weighted by Gasteiger charge is -2.40. The Labute approximate surface area is 393 Å². The van der Waals surface area contributed by atoms with Crippen LogP contribution in [0.2, 0.25) is 0 Å². The van der Waals surface area contributed by atoms with E-state index in [1.165, 1.54) is 0 Å². The monoisotopic (exact) mass is 902 g/mol. The van der Waals surface area contributed by atoms with E-state index in [0.29, 0.717) is 12.8 Å². The standard InChI is InChI=1S/C56H87NO8/c1-3-5-7-9-10-11-12-13-14-15-16-17-18-19-20-21-22-23-24-25-26-27-28-29-30-31-32-33-34-35-36-37-38-39-40-42-44-46-52(60)57-49(50(59)45-43-41-8-6-4-2)48-64-56-55(63)54(62)53(61)51(47-58)65-56/h5,7,10-11,13-14,16-17,19-20,22-23,25-26,28-29,31-32,34-35,37-38,43,45,49-51,53-56,58-59,61-63H,3-4,6,8-9,12,15,18,21,24,27,30,33,36,39-42,44,46-48H2,1-2H3,(H,57,60)/b7-5-,11-10-,14-13-,17-16-,20-19-,23-22-,26-25-,29-28-,32-31-,35-34-,38-37-,45-43+. The highest BCUT2D eigenvalue weighted by Crippen LogP contribution is 2.22. The van der Waals surface area contributed by atoms with Gasteiger partial charge in [-0.2, -0.15) is 0 Å². The Kier molecular flexibility index (Phi) is 39.9. The Bertz CT molecular complexity index is 1510. The summed E-state index contributed by atoms with van der Waals surface area (Å²) in [5.74, 6) is -0.225. The van der Waals surface area contributed by atoms with Crippen LogP contribution in [-0.4, -0.2) is 87.5 Å². The molecule has 1 aliphatic heterocycles. The Morgan fingerprint density at radius 1 is 0.538 bits per heavy atom. The summed E-state index contributed by atoms with van der Waals surface area (Å²) in [6.45, 7) is 3.48. The molecule has 0 saturated carbocycles. The van der Waals surface area contributed by atoms with Gasteiger partial charge in [-0.05, 0) is 103 Å². The summed E-state index contributed by atoms with van der Waals surface area (Å²) in [6.07, 6.45) is 62.5. The van der Waals surface area contributed by atoms with Crippen molar-refractivity contribution in [1.29, 1.82) is 0 Å². The molecule has 1 saturated heterocycles. The van der Waals surface area contributed by atoms with E-state index in [9.17, 15) is 30.3 Å². The summed E-state index contributed by atoms with van der Waals surface area (Å²) < 4.78 is 11.1. The van der Waals surface area contributed by atoms with E-state index in [1.807, 2.05) is 6.08 Å². The highest BCUT2D eigenvalue weighted by molar-refractivity contribution is 5.76. The van der Waals surface area contributed by atoms with Crippen LogP contribution in [0.4, 0.5) is 0 Å². The van der Waals surface area contributed by atoms with E-state index in [-0.39, 0.29) is 12.5 Å². The smallest absolute Gasteiger partial charge is 0.220 e. The quantitative estimate of drug-likeness (QED) is 0.0265. The fraction of sp³-hybridized carbons (Fsp3) is 0.554. The second-order valence-electron chi connectivity index (χ2n) is 16.2. The van der Waals surface area contributed by atoms with Gasteiger partial charge in [-0.3, -0.25) is 4.79 Å². The molecule has 65 heavy (non-hydrogen) atoms. The number of aliphatic hydroxyl groups excluding tert-OH is 5. The van der Waals surface area contributed by atoms with Gasteiger partial charge in [0, 0.05) is 6.42 Å². The molecule has 1 fully saturated rings. The van der Waals surface area contributed by atoms with Crippen molar-refractivity contribution in [2.75, 3.05) is 13.2 Å². The molecule has 0 aromatic carbocycles. The van der Waals surface area contributed by atoms with Crippen molar-refractivity contribution in [3.8, 4) is 0 Å². The van der Waals surface area contributed by atoms with Crippen molar-refractivity contribution in [2.24, 2.45) is 0 Å². The first kappa shape index (κ1) is 59.1. The van der Waals surface area contributed by atoms with Crippen molar-refractivity contribution in [3.05, 3.63) is 146 Å². The van der Waals surface area contributed by atoms with Crippen molar-refractivity contribution in [2.45, 2.75) is 185 Å². The normalized spacial score (nSPS) is 21.2. The van der Waals surface area contributed by atoms with Crippen LogP contribution in [0.5, 0.6) is 0 Å². The molecule has 1 amide bonds.